The zero-order valence-corrected chi connectivity index (χ0v) is 11.8. The Morgan fingerprint density at radius 3 is 3.00 bits per heavy atom. The molecule has 0 fully saturated rings. The highest BCUT2D eigenvalue weighted by Crippen LogP contribution is 2.15. The minimum absolute atomic E-state index is 0.174. The van der Waals surface area contributed by atoms with E-state index in [1.807, 2.05) is 24.4 Å². The SMILES string of the molecule is O=c1c2ccccc2[nH]c(=S)n1/N=C\[C@H]1CC=CCC1. The molecule has 1 aromatic carbocycles. The molecular weight excluding hydrogens is 270 g/mol. The van der Waals surface area contributed by atoms with E-state index < -0.39 is 0 Å². The first kappa shape index (κ1) is 13.0. The van der Waals surface area contributed by atoms with Crippen LogP contribution in [0.4, 0.5) is 0 Å². The van der Waals surface area contributed by atoms with Crippen molar-refractivity contribution in [2.24, 2.45) is 11.0 Å². The van der Waals surface area contributed by atoms with Crippen LogP contribution in [0.25, 0.3) is 10.9 Å². The Balaban J connectivity index is 2.03. The van der Waals surface area contributed by atoms with Gasteiger partial charge in [0.1, 0.15) is 0 Å². The van der Waals surface area contributed by atoms with Crippen LogP contribution in [-0.4, -0.2) is 15.9 Å². The van der Waals surface area contributed by atoms with Crippen molar-refractivity contribution in [3.63, 3.8) is 0 Å². The highest BCUT2D eigenvalue weighted by molar-refractivity contribution is 7.71. The number of H-pyrrole nitrogens is 1. The Kier molecular flexibility index (Phi) is 3.60. The molecule has 0 saturated heterocycles. The van der Waals surface area contributed by atoms with Crippen LogP contribution < -0.4 is 5.56 Å². The number of allylic oxidation sites excluding steroid dienone is 2. The van der Waals surface area contributed by atoms with Gasteiger partial charge in [-0.05, 0) is 49.5 Å². The van der Waals surface area contributed by atoms with Gasteiger partial charge in [-0.3, -0.25) is 4.79 Å². The Hall–Kier alpha value is -2.01. The molecule has 0 radical (unpaired) electrons. The molecule has 1 aromatic heterocycles. The van der Waals surface area contributed by atoms with Gasteiger partial charge in [-0.15, -0.1) is 0 Å². The molecule has 1 aliphatic rings. The number of para-hydroxylation sites is 1. The van der Waals surface area contributed by atoms with Gasteiger partial charge in [-0.1, -0.05) is 24.3 Å². The van der Waals surface area contributed by atoms with Gasteiger partial charge in [0.2, 0.25) is 4.77 Å². The molecule has 5 heteroatoms. The van der Waals surface area contributed by atoms with E-state index >= 15 is 0 Å². The minimum atomic E-state index is -0.174. The van der Waals surface area contributed by atoms with E-state index in [4.69, 9.17) is 12.2 Å². The summed E-state index contributed by atoms with van der Waals surface area (Å²) in [6.45, 7) is 0. The zero-order chi connectivity index (χ0) is 13.9. The van der Waals surface area contributed by atoms with Crippen LogP contribution in [0.2, 0.25) is 0 Å². The summed E-state index contributed by atoms with van der Waals surface area (Å²) in [5, 5.41) is 4.89. The van der Waals surface area contributed by atoms with E-state index in [1.54, 1.807) is 6.07 Å². The number of benzene rings is 1. The number of nitrogens with one attached hydrogen (secondary N) is 1. The largest absolute Gasteiger partial charge is 0.330 e. The first-order chi connectivity index (χ1) is 9.75. The summed E-state index contributed by atoms with van der Waals surface area (Å²) in [6.07, 6.45) is 9.28. The Bertz CT molecular complexity index is 801. The van der Waals surface area contributed by atoms with Gasteiger partial charge < -0.3 is 4.98 Å². The molecule has 1 heterocycles. The van der Waals surface area contributed by atoms with E-state index in [0.29, 0.717) is 16.1 Å². The van der Waals surface area contributed by atoms with Gasteiger partial charge in [-0.2, -0.15) is 9.78 Å². The lowest BCUT2D eigenvalue weighted by atomic mass is 9.96. The van der Waals surface area contributed by atoms with Crippen molar-refractivity contribution in [3.05, 3.63) is 51.5 Å². The van der Waals surface area contributed by atoms with Gasteiger partial charge in [0.15, 0.2) is 0 Å². The second-order valence-corrected chi connectivity index (χ2v) is 5.29. The molecule has 1 atom stereocenters. The summed E-state index contributed by atoms with van der Waals surface area (Å²) >= 11 is 5.21. The second kappa shape index (κ2) is 5.54. The number of aromatic amines is 1. The third-order valence-electron chi connectivity index (χ3n) is 3.49. The molecule has 0 aliphatic heterocycles. The number of hydrogen-bond donors (Lipinski definition) is 1. The molecule has 0 unspecified atom stereocenters. The van der Waals surface area contributed by atoms with Gasteiger partial charge in [-0.25, -0.2) is 0 Å². The van der Waals surface area contributed by atoms with Crippen molar-refractivity contribution in [1.82, 2.24) is 9.66 Å². The van der Waals surface area contributed by atoms with Crippen LogP contribution in [0.15, 0.2) is 46.3 Å². The topological polar surface area (TPSA) is 50.1 Å². The van der Waals surface area contributed by atoms with Crippen molar-refractivity contribution in [2.75, 3.05) is 0 Å². The molecule has 20 heavy (non-hydrogen) atoms. The fourth-order valence-corrected chi connectivity index (χ4v) is 2.61. The van der Waals surface area contributed by atoms with Crippen molar-refractivity contribution in [3.8, 4) is 0 Å². The molecular formula is C15H15N3OS. The van der Waals surface area contributed by atoms with E-state index in [0.717, 1.165) is 24.8 Å². The van der Waals surface area contributed by atoms with Gasteiger partial charge in [0, 0.05) is 6.21 Å². The molecule has 0 amide bonds. The fourth-order valence-electron chi connectivity index (χ4n) is 2.37. The summed E-state index contributed by atoms with van der Waals surface area (Å²) in [5.74, 6) is 0.382. The third kappa shape index (κ3) is 2.49. The van der Waals surface area contributed by atoms with Crippen LogP contribution in [0.3, 0.4) is 0 Å². The highest BCUT2D eigenvalue weighted by Gasteiger charge is 2.08. The first-order valence-corrected chi connectivity index (χ1v) is 7.10. The summed E-state index contributed by atoms with van der Waals surface area (Å²) in [6, 6.07) is 7.32. The van der Waals surface area contributed by atoms with Crippen LogP contribution in [-0.2, 0) is 0 Å². The van der Waals surface area contributed by atoms with Crippen molar-refractivity contribution < 1.29 is 0 Å². The smallest absolute Gasteiger partial charge is 0.282 e. The van der Waals surface area contributed by atoms with Crippen LogP contribution >= 0.6 is 12.2 Å². The number of fused-ring (bicyclic) bond motifs is 1. The Labute approximate surface area is 121 Å². The summed E-state index contributed by atoms with van der Waals surface area (Å²) in [4.78, 5) is 15.4. The molecule has 0 spiro atoms. The first-order valence-electron chi connectivity index (χ1n) is 6.69. The molecule has 4 nitrogen and oxygen atoms in total. The molecule has 3 rings (SSSR count). The van der Waals surface area contributed by atoms with Crippen molar-refractivity contribution in [1.29, 1.82) is 0 Å². The predicted molar refractivity (Wildman–Crippen MR) is 83.8 cm³/mol. The lowest BCUT2D eigenvalue weighted by Gasteiger charge is -2.12. The maximum Gasteiger partial charge on any atom is 0.282 e. The lowest BCUT2D eigenvalue weighted by molar-refractivity contribution is 0.620. The Morgan fingerprint density at radius 2 is 2.20 bits per heavy atom. The fraction of sp³-hybridized carbons (Fsp3) is 0.267. The number of aromatic nitrogens is 2. The van der Waals surface area contributed by atoms with Gasteiger partial charge >= 0.3 is 0 Å². The standard InChI is InChI=1S/C15H15N3OS/c19-14-12-8-4-5-9-13(12)17-15(20)18(14)16-10-11-6-2-1-3-7-11/h1-2,4-5,8-11H,3,6-7H2,(H,17,20)/b16-10-/t11-/m0/s1. The number of hydrogen-bond acceptors (Lipinski definition) is 3. The molecule has 1 aliphatic carbocycles. The van der Waals surface area contributed by atoms with E-state index in [-0.39, 0.29) is 5.56 Å². The van der Waals surface area contributed by atoms with Crippen LogP contribution in [0, 0.1) is 10.7 Å². The average molecular weight is 285 g/mol. The van der Waals surface area contributed by atoms with E-state index in [9.17, 15) is 4.79 Å². The van der Waals surface area contributed by atoms with E-state index in [2.05, 4.69) is 22.2 Å². The second-order valence-electron chi connectivity index (χ2n) is 4.90. The van der Waals surface area contributed by atoms with E-state index in [1.165, 1.54) is 4.68 Å². The number of nitrogens with zero attached hydrogens (tertiary/aromatic N) is 2. The highest BCUT2D eigenvalue weighted by atomic mass is 32.1. The van der Waals surface area contributed by atoms with Crippen molar-refractivity contribution >= 4 is 29.3 Å². The van der Waals surface area contributed by atoms with Crippen molar-refractivity contribution in [2.45, 2.75) is 19.3 Å². The maximum absolute atomic E-state index is 12.4. The van der Waals surface area contributed by atoms with Gasteiger partial charge in [0.05, 0.1) is 10.9 Å². The average Bonchev–Trinajstić information content (AvgIpc) is 2.48. The molecule has 102 valence electrons. The van der Waals surface area contributed by atoms with Crippen LogP contribution in [0.5, 0.6) is 0 Å². The summed E-state index contributed by atoms with van der Waals surface area (Å²) < 4.78 is 1.60. The molecule has 0 bridgehead atoms. The summed E-state index contributed by atoms with van der Waals surface area (Å²) in [5.41, 5.74) is 0.571. The monoisotopic (exact) mass is 285 g/mol. The predicted octanol–water partition coefficient (Wildman–Crippen LogP) is 3.25. The Morgan fingerprint density at radius 1 is 1.35 bits per heavy atom. The lowest BCUT2D eigenvalue weighted by Crippen LogP contribution is -2.19. The number of rotatable bonds is 2. The third-order valence-corrected chi connectivity index (χ3v) is 3.76. The normalized spacial score (nSPS) is 18.9. The minimum Gasteiger partial charge on any atom is -0.330 e. The van der Waals surface area contributed by atoms with Crippen LogP contribution in [0.1, 0.15) is 19.3 Å². The zero-order valence-electron chi connectivity index (χ0n) is 11.0. The molecule has 0 saturated carbocycles. The molecule has 2 aromatic rings. The molecule has 1 N–H and O–H groups in total. The quantitative estimate of drug-likeness (QED) is 0.523. The maximum atomic E-state index is 12.4. The summed E-state index contributed by atoms with van der Waals surface area (Å²) in [7, 11) is 0. The van der Waals surface area contributed by atoms with Gasteiger partial charge in [0.25, 0.3) is 5.56 Å².